The molecule has 0 saturated carbocycles. The van der Waals surface area contributed by atoms with Crippen molar-refractivity contribution in [1.82, 2.24) is 5.32 Å². The summed E-state index contributed by atoms with van der Waals surface area (Å²) in [5.74, 6) is -0.504. The molecule has 1 aromatic carbocycles. The molecule has 94 valence electrons. The lowest BCUT2D eigenvalue weighted by molar-refractivity contribution is 0.514. The molecule has 2 rings (SSSR count). The topological polar surface area (TPSA) is 46.2 Å². The van der Waals surface area contributed by atoms with E-state index in [1.807, 2.05) is 6.92 Å². The smallest absolute Gasteiger partial charge is 0.183 e. The Morgan fingerprint density at radius 1 is 1.41 bits per heavy atom. The van der Waals surface area contributed by atoms with Crippen LogP contribution >= 0.6 is 0 Å². The molecule has 0 saturated heterocycles. The summed E-state index contributed by atoms with van der Waals surface area (Å²) in [5.41, 5.74) is 0.687. The lowest BCUT2D eigenvalue weighted by atomic mass is 10.0. The van der Waals surface area contributed by atoms with E-state index in [2.05, 4.69) is 5.32 Å². The van der Waals surface area contributed by atoms with Gasteiger partial charge in [0, 0.05) is 0 Å². The predicted molar refractivity (Wildman–Crippen MR) is 64.1 cm³/mol. The summed E-state index contributed by atoms with van der Waals surface area (Å²) < 4.78 is 37.3. The van der Waals surface area contributed by atoms with Crippen LogP contribution in [0.15, 0.2) is 23.1 Å². The molecule has 2 unspecified atom stereocenters. The number of nitrogens with one attached hydrogen (secondary N) is 1. The number of fused-ring (bicyclic) bond motifs is 1. The van der Waals surface area contributed by atoms with Crippen molar-refractivity contribution in [2.75, 3.05) is 6.54 Å². The van der Waals surface area contributed by atoms with E-state index < -0.39 is 20.9 Å². The van der Waals surface area contributed by atoms with Crippen LogP contribution in [0.1, 0.15) is 31.9 Å². The number of sulfone groups is 1. The fourth-order valence-electron chi connectivity index (χ4n) is 2.22. The van der Waals surface area contributed by atoms with Gasteiger partial charge in [0.1, 0.15) is 5.82 Å². The van der Waals surface area contributed by atoms with Gasteiger partial charge in [-0.3, -0.25) is 0 Å². The van der Waals surface area contributed by atoms with Crippen LogP contribution in [0.2, 0.25) is 0 Å². The number of benzene rings is 1. The molecule has 1 aliphatic rings. The highest BCUT2D eigenvalue weighted by Gasteiger charge is 2.41. The van der Waals surface area contributed by atoms with Gasteiger partial charge in [-0.2, -0.15) is 0 Å². The Balaban J connectivity index is 2.48. The summed E-state index contributed by atoms with van der Waals surface area (Å²) in [6.45, 7) is 4.44. The van der Waals surface area contributed by atoms with E-state index in [1.165, 1.54) is 6.07 Å². The molecule has 1 N–H and O–H groups in total. The van der Waals surface area contributed by atoms with Gasteiger partial charge in [0.25, 0.3) is 0 Å². The van der Waals surface area contributed by atoms with Crippen LogP contribution in [0.4, 0.5) is 4.39 Å². The molecule has 2 atom stereocenters. The average molecular weight is 257 g/mol. The van der Waals surface area contributed by atoms with E-state index in [9.17, 15) is 12.8 Å². The minimum Gasteiger partial charge on any atom is -0.309 e. The van der Waals surface area contributed by atoms with Gasteiger partial charge < -0.3 is 5.32 Å². The average Bonchev–Trinajstić information content (AvgIpc) is 2.47. The number of hydrogen-bond donors (Lipinski definition) is 1. The molecule has 0 spiro atoms. The predicted octanol–water partition coefficient (Wildman–Crippen LogP) is 2.04. The van der Waals surface area contributed by atoms with Crippen molar-refractivity contribution in [1.29, 1.82) is 0 Å². The van der Waals surface area contributed by atoms with Gasteiger partial charge in [0.15, 0.2) is 9.84 Å². The van der Waals surface area contributed by atoms with E-state index in [0.29, 0.717) is 5.56 Å². The van der Waals surface area contributed by atoms with Crippen molar-refractivity contribution in [3.63, 3.8) is 0 Å². The summed E-state index contributed by atoms with van der Waals surface area (Å²) in [6.07, 6.45) is 0.930. The Morgan fingerprint density at radius 3 is 2.76 bits per heavy atom. The Morgan fingerprint density at radius 2 is 2.12 bits per heavy atom. The molecule has 0 amide bonds. The molecule has 0 bridgehead atoms. The third kappa shape index (κ3) is 1.98. The highest BCUT2D eigenvalue weighted by atomic mass is 32.2. The highest BCUT2D eigenvalue weighted by Crippen LogP contribution is 2.39. The van der Waals surface area contributed by atoms with E-state index >= 15 is 0 Å². The first-order valence-corrected chi connectivity index (χ1v) is 7.30. The maximum Gasteiger partial charge on any atom is 0.183 e. The van der Waals surface area contributed by atoms with Crippen LogP contribution in [0, 0.1) is 5.82 Å². The molecule has 17 heavy (non-hydrogen) atoms. The minimum atomic E-state index is -3.39. The molecule has 3 nitrogen and oxygen atoms in total. The molecule has 1 heterocycles. The number of rotatable bonds is 3. The zero-order valence-electron chi connectivity index (χ0n) is 9.90. The number of hydrogen-bond acceptors (Lipinski definition) is 3. The van der Waals surface area contributed by atoms with Crippen molar-refractivity contribution in [2.24, 2.45) is 0 Å². The van der Waals surface area contributed by atoms with E-state index in [1.54, 1.807) is 13.0 Å². The van der Waals surface area contributed by atoms with Gasteiger partial charge >= 0.3 is 0 Å². The molecule has 1 aromatic rings. The normalized spacial score (nSPS) is 25.8. The van der Waals surface area contributed by atoms with Crippen molar-refractivity contribution in [3.8, 4) is 0 Å². The highest BCUT2D eigenvalue weighted by molar-refractivity contribution is 7.92. The largest absolute Gasteiger partial charge is 0.309 e. The van der Waals surface area contributed by atoms with E-state index in [4.69, 9.17) is 0 Å². The zero-order valence-corrected chi connectivity index (χ0v) is 10.7. The standard InChI is InChI=1S/C12H16FNO2S/c1-3-6-14-12-8(2)17(15,16)11-7-9(13)4-5-10(11)12/h4-5,7-8,12,14H,3,6H2,1-2H3. The summed E-state index contributed by atoms with van der Waals surface area (Å²) in [5, 5.41) is 2.67. The molecule has 1 aliphatic heterocycles. The minimum absolute atomic E-state index is 0.138. The van der Waals surface area contributed by atoms with Crippen LogP contribution in [-0.4, -0.2) is 20.2 Å². The second kappa shape index (κ2) is 4.38. The monoisotopic (exact) mass is 257 g/mol. The quantitative estimate of drug-likeness (QED) is 0.901. The van der Waals surface area contributed by atoms with Gasteiger partial charge in [0.2, 0.25) is 0 Å². The first kappa shape index (κ1) is 12.5. The van der Waals surface area contributed by atoms with Gasteiger partial charge in [0.05, 0.1) is 16.2 Å². The summed E-state index contributed by atoms with van der Waals surface area (Å²) in [7, 11) is -3.39. The van der Waals surface area contributed by atoms with Crippen molar-refractivity contribution in [2.45, 2.75) is 36.5 Å². The van der Waals surface area contributed by atoms with Crippen LogP contribution in [-0.2, 0) is 9.84 Å². The van der Waals surface area contributed by atoms with Gasteiger partial charge in [-0.15, -0.1) is 0 Å². The molecular weight excluding hydrogens is 241 g/mol. The fourth-order valence-corrected chi connectivity index (χ4v) is 4.02. The molecule has 0 aromatic heterocycles. The third-order valence-electron chi connectivity index (χ3n) is 3.19. The summed E-state index contributed by atoms with van der Waals surface area (Å²) in [6, 6.07) is 3.77. The zero-order chi connectivity index (χ0) is 12.6. The van der Waals surface area contributed by atoms with Crippen LogP contribution < -0.4 is 5.32 Å². The third-order valence-corrected chi connectivity index (χ3v) is 5.41. The first-order valence-electron chi connectivity index (χ1n) is 5.75. The van der Waals surface area contributed by atoms with Crippen molar-refractivity contribution >= 4 is 9.84 Å². The Kier molecular flexibility index (Phi) is 3.23. The second-order valence-corrected chi connectivity index (χ2v) is 6.64. The van der Waals surface area contributed by atoms with Crippen molar-refractivity contribution in [3.05, 3.63) is 29.6 Å². The summed E-state index contributed by atoms with van der Waals surface area (Å²) >= 11 is 0. The Bertz CT molecular complexity index is 527. The first-order chi connectivity index (χ1) is 7.98. The van der Waals surface area contributed by atoms with Gasteiger partial charge in [-0.05, 0) is 37.6 Å². The van der Waals surface area contributed by atoms with Crippen molar-refractivity contribution < 1.29 is 12.8 Å². The SMILES string of the molecule is CCCNC1c2ccc(F)cc2S(=O)(=O)C1C. The fraction of sp³-hybridized carbons (Fsp3) is 0.500. The van der Waals surface area contributed by atoms with Crippen LogP contribution in [0.3, 0.4) is 0 Å². The molecule has 0 aliphatic carbocycles. The number of halogens is 1. The van der Waals surface area contributed by atoms with E-state index in [0.717, 1.165) is 19.0 Å². The molecular formula is C12H16FNO2S. The second-order valence-electron chi connectivity index (χ2n) is 4.36. The lowest BCUT2D eigenvalue weighted by Gasteiger charge is -2.16. The maximum atomic E-state index is 13.1. The Labute approximate surface area is 101 Å². The maximum absolute atomic E-state index is 13.1. The van der Waals surface area contributed by atoms with E-state index in [-0.39, 0.29) is 10.9 Å². The summed E-state index contributed by atoms with van der Waals surface area (Å²) in [4.78, 5) is 0.138. The Hall–Kier alpha value is -0.940. The van der Waals surface area contributed by atoms with Crippen LogP contribution in [0.25, 0.3) is 0 Å². The molecule has 5 heteroatoms. The van der Waals surface area contributed by atoms with Gasteiger partial charge in [-0.1, -0.05) is 13.0 Å². The lowest BCUT2D eigenvalue weighted by Crippen LogP contribution is -2.29. The van der Waals surface area contributed by atoms with Crippen LogP contribution in [0.5, 0.6) is 0 Å². The molecule has 0 radical (unpaired) electrons. The molecule has 0 fully saturated rings. The van der Waals surface area contributed by atoms with Gasteiger partial charge in [-0.25, -0.2) is 12.8 Å².